The molecule has 3 aromatic heterocycles. The smallest absolute Gasteiger partial charge is 0.0892 e. The molecule has 1 N–H and O–H groups in total. The average Bonchev–Trinajstić information content (AvgIpc) is 3.05. The summed E-state index contributed by atoms with van der Waals surface area (Å²) >= 11 is 1.68. The first-order valence-corrected chi connectivity index (χ1v) is 6.58. The van der Waals surface area contributed by atoms with Gasteiger partial charge in [-0.1, -0.05) is 0 Å². The highest BCUT2D eigenvalue weighted by Crippen LogP contribution is 2.23. The third kappa shape index (κ3) is 2.00. The van der Waals surface area contributed by atoms with E-state index in [2.05, 4.69) is 20.4 Å². The summed E-state index contributed by atoms with van der Waals surface area (Å²) in [7, 11) is 1.96. The maximum Gasteiger partial charge on any atom is 0.0892 e. The van der Waals surface area contributed by atoms with E-state index < -0.39 is 0 Å². The maximum absolute atomic E-state index is 4.34. The molecule has 18 heavy (non-hydrogen) atoms. The molecule has 0 spiro atoms. The molecule has 0 bridgehead atoms. The number of rotatable bonds is 4. The van der Waals surface area contributed by atoms with Gasteiger partial charge in [0, 0.05) is 41.5 Å². The molecule has 0 aromatic carbocycles. The van der Waals surface area contributed by atoms with Gasteiger partial charge in [0.15, 0.2) is 0 Å². The summed E-state index contributed by atoms with van der Waals surface area (Å²) in [5.41, 5.74) is 4.07. The van der Waals surface area contributed by atoms with Crippen LogP contribution in [0.15, 0.2) is 36.5 Å². The lowest BCUT2D eigenvalue weighted by atomic mass is 10.1. The van der Waals surface area contributed by atoms with Crippen molar-refractivity contribution < 1.29 is 0 Å². The number of hydrogen-bond donors (Lipinski definition) is 1. The molecule has 5 nitrogen and oxygen atoms in total. The molecular weight excluding hydrogens is 246 g/mol. The number of nitrogens with one attached hydrogen (secondary N) is 1. The highest BCUT2D eigenvalue weighted by Gasteiger charge is 2.16. The molecule has 1 atom stereocenters. The van der Waals surface area contributed by atoms with Crippen LogP contribution in [0.1, 0.15) is 16.5 Å². The predicted molar refractivity (Wildman–Crippen MR) is 70.6 cm³/mol. The molecule has 3 rings (SSSR count). The van der Waals surface area contributed by atoms with E-state index in [4.69, 9.17) is 0 Å². The van der Waals surface area contributed by atoms with E-state index in [1.165, 1.54) is 10.4 Å². The fraction of sp³-hybridized carbons (Fsp3) is 0.250. The third-order valence-electron chi connectivity index (χ3n) is 2.97. The van der Waals surface area contributed by atoms with Crippen molar-refractivity contribution in [3.05, 3.63) is 46.9 Å². The van der Waals surface area contributed by atoms with E-state index in [0.29, 0.717) is 0 Å². The van der Waals surface area contributed by atoms with E-state index in [-0.39, 0.29) is 6.04 Å². The topological polar surface area (TPSA) is 55.1 Å². The van der Waals surface area contributed by atoms with Crippen LogP contribution in [0.4, 0.5) is 0 Å². The van der Waals surface area contributed by atoms with Gasteiger partial charge in [-0.25, -0.2) is 4.52 Å². The normalized spacial score (nSPS) is 12.9. The second-order valence-electron chi connectivity index (χ2n) is 4.02. The number of fused-ring (bicyclic) bond motifs is 1. The first-order chi connectivity index (χ1) is 8.88. The monoisotopic (exact) mass is 259 g/mol. The molecule has 3 heterocycles. The highest BCUT2D eigenvalue weighted by molar-refractivity contribution is 7.09. The largest absolute Gasteiger partial charge is 0.313 e. The van der Waals surface area contributed by atoms with Crippen LogP contribution in [-0.2, 0) is 6.42 Å². The van der Waals surface area contributed by atoms with Gasteiger partial charge in [-0.2, -0.15) is 5.10 Å². The van der Waals surface area contributed by atoms with Crippen molar-refractivity contribution in [2.75, 3.05) is 7.05 Å². The van der Waals surface area contributed by atoms with Gasteiger partial charge in [0.05, 0.1) is 23.4 Å². The lowest BCUT2D eigenvalue weighted by molar-refractivity contribution is 0.600. The molecule has 0 saturated heterocycles. The van der Waals surface area contributed by atoms with Crippen LogP contribution in [0.3, 0.4) is 0 Å². The number of aromatic nitrogens is 4. The predicted octanol–water partition coefficient (Wildman–Crippen LogP) is 1.69. The van der Waals surface area contributed by atoms with Crippen molar-refractivity contribution in [3.63, 3.8) is 0 Å². The Hall–Kier alpha value is -1.79. The number of hydrogen-bond acceptors (Lipinski definition) is 5. The van der Waals surface area contributed by atoms with Gasteiger partial charge >= 0.3 is 0 Å². The van der Waals surface area contributed by atoms with Gasteiger partial charge in [0.2, 0.25) is 0 Å². The van der Waals surface area contributed by atoms with Crippen molar-refractivity contribution in [3.8, 4) is 0 Å². The zero-order valence-corrected chi connectivity index (χ0v) is 10.8. The molecule has 92 valence electrons. The quantitative estimate of drug-likeness (QED) is 0.774. The number of nitrogens with zero attached hydrogens (tertiary/aromatic N) is 4. The molecular formula is C12H13N5S. The second-order valence-corrected chi connectivity index (χ2v) is 4.99. The van der Waals surface area contributed by atoms with E-state index in [1.54, 1.807) is 17.5 Å². The molecule has 0 aliphatic carbocycles. The van der Waals surface area contributed by atoms with E-state index >= 15 is 0 Å². The van der Waals surface area contributed by atoms with Gasteiger partial charge < -0.3 is 5.32 Å². The minimum Gasteiger partial charge on any atom is -0.313 e. The van der Waals surface area contributed by atoms with Crippen molar-refractivity contribution in [1.82, 2.24) is 24.9 Å². The summed E-state index contributed by atoms with van der Waals surface area (Å²) in [6.07, 6.45) is 10.2. The molecule has 3 aromatic rings. The first kappa shape index (κ1) is 11.3. The Morgan fingerprint density at radius 2 is 2.28 bits per heavy atom. The molecule has 0 fully saturated rings. The minimum absolute atomic E-state index is 0.229. The van der Waals surface area contributed by atoms with E-state index in [0.717, 1.165) is 11.9 Å². The van der Waals surface area contributed by atoms with Crippen molar-refractivity contribution in [2.45, 2.75) is 12.5 Å². The van der Waals surface area contributed by atoms with Crippen LogP contribution >= 0.6 is 11.3 Å². The van der Waals surface area contributed by atoms with Gasteiger partial charge in [0.25, 0.3) is 0 Å². The average molecular weight is 259 g/mol. The zero-order valence-electron chi connectivity index (χ0n) is 9.95. The van der Waals surface area contributed by atoms with Crippen LogP contribution in [0.2, 0.25) is 0 Å². The van der Waals surface area contributed by atoms with Gasteiger partial charge in [0.1, 0.15) is 0 Å². The maximum atomic E-state index is 4.34. The lowest BCUT2D eigenvalue weighted by Crippen LogP contribution is -2.18. The Kier molecular flexibility index (Phi) is 3.04. The summed E-state index contributed by atoms with van der Waals surface area (Å²) in [5, 5.41) is 7.67. The number of thiazole rings is 1. The van der Waals surface area contributed by atoms with Crippen LogP contribution in [-0.4, -0.2) is 26.6 Å². The SMILES string of the molecule is CNC(Cc1cncs1)c1cnn2ccncc12. The molecule has 1 unspecified atom stereocenters. The molecule has 0 radical (unpaired) electrons. The fourth-order valence-electron chi connectivity index (χ4n) is 2.03. The first-order valence-electron chi connectivity index (χ1n) is 5.70. The lowest BCUT2D eigenvalue weighted by Gasteiger charge is -2.13. The summed E-state index contributed by atoms with van der Waals surface area (Å²) in [6, 6.07) is 0.229. The van der Waals surface area contributed by atoms with E-state index in [9.17, 15) is 0 Å². The number of likely N-dealkylation sites (N-methyl/N-ethyl adjacent to an activating group) is 1. The molecule has 0 aliphatic rings. The van der Waals surface area contributed by atoms with Gasteiger partial charge in [-0.15, -0.1) is 11.3 Å². The van der Waals surface area contributed by atoms with Crippen molar-refractivity contribution >= 4 is 16.9 Å². The standard InChI is InChI=1S/C12H13N5S/c1-13-11(4-9-5-15-8-18-9)10-6-16-17-3-2-14-7-12(10)17/h2-3,5-8,11,13H,4H2,1H3. The van der Waals surface area contributed by atoms with Crippen molar-refractivity contribution in [1.29, 1.82) is 0 Å². The van der Waals surface area contributed by atoms with Crippen LogP contribution in [0, 0.1) is 0 Å². The minimum atomic E-state index is 0.229. The summed E-state index contributed by atoms with van der Waals surface area (Å²) in [4.78, 5) is 9.53. The Labute approximate surface area is 109 Å². The van der Waals surface area contributed by atoms with Crippen LogP contribution in [0.5, 0.6) is 0 Å². The fourth-order valence-corrected chi connectivity index (χ4v) is 2.67. The van der Waals surface area contributed by atoms with Crippen LogP contribution in [0.25, 0.3) is 5.52 Å². The second kappa shape index (κ2) is 4.83. The highest BCUT2D eigenvalue weighted by atomic mass is 32.1. The Morgan fingerprint density at radius 3 is 3.06 bits per heavy atom. The molecule has 0 aliphatic heterocycles. The van der Waals surface area contributed by atoms with Crippen molar-refractivity contribution in [2.24, 2.45) is 0 Å². The molecule has 6 heteroatoms. The Balaban J connectivity index is 1.96. The Morgan fingerprint density at radius 1 is 1.33 bits per heavy atom. The summed E-state index contributed by atoms with van der Waals surface area (Å²) in [6.45, 7) is 0. The molecule has 0 amide bonds. The van der Waals surface area contributed by atoms with Crippen LogP contribution < -0.4 is 5.32 Å². The summed E-state index contributed by atoms with van der Waals surface area (Å²) in [5.74, 6) is 0. The van der Waals surface area contributed by atoms with Gasteiger partial charge in [-0.05, 0) is 7.05 Å². The van der Waals surface area contributed by atoms with Gasteiger partial charge in [-0.3, -0.25) is 9.97 Å². The Bertz CT molecular complexity index is 631. The molecule has 0 saturated carbocycles. The van der Waals surface area contributed by atoms with E-state index in [1.807, 2.05) is 41.9 Å². The summed E-state index contributed by atoms with van der Waals surface area (Å²) < 4.78 is 1.85. The third-order valence-corrected chi connectivity index (χ3v) is 3.77. The zero-order chi connectivity index (χ0) is 12.4.